The first-order chi connectivity index (χ1) is 12.7. The maximum absolute atomic E-state index is 5.57. The Labute approximate surface area is 152 Å². The maximum Gasteiger partial charge on any atom is 0.279 e. The van der Waals surface area contributed by atoms with Crippen LogP contribution >= 0.6 is 0 Å². The number of hydrogen-bond acceptors (Lipinski definition) is 7. The smallest absolute Gasteiger partial charge is 0.279 e. The topological polar surface area (TPSA) is 86.0 Å². The molecular weight excluding hydrogens is 330 g/mol. The zero-order valence-corrected chi connectivity index (χ0v) is 15.1. The van der Waals surface area contributed by atoms with Gasteiger partial charge in [0.05, 0.1) is 6.10 Å². The lowest BCUT2D eigenvalue weighted by atomic mass is 10.1. The maximum atomic E-state index is 5.57. The molecule has 0 aliphatic heterocycles. The van der Waals surface area contributed by atoms with E-state index in [-0.39, 0.29) is 6.10 Å². The highest BCUT2D eigenvalue weighted by molar-refractivity contribution is 5.98. The molecule has 7 heteroatoms. The fraction of sp³-hybridized carbons (Fsp3) is 0.474. The average molecular weight is 353 g/mol. The number of benzene rings is 1. The van der Waals surface area contributed by atoms with Crippen LogP contribution in [0.4, 0.5) is 5.82 Å². The number of rotatable bonds is 8. The SMILES string of the molecule is CC(C)OCCCNc1nnc(-c2nc(C3CC3)no2)c2ccccc12. The van der Waals surface area contributed by atoms with E-state index in [1.165, 1.54) is 0 Å². The number of fused-ring (bicyclic) bond motifs is 1. The van der Waals surface area contributed by atoms with Crippen molar-refractivity contribution in [1.29, 1.82) is 0 Å². The van der Waals surface area contributed by atoms with Gasteiger partial charge in [0.2, 0.25) is 0 Å². The van der Waals surface area contributed by atoms with Crippen molar-refractivity contribution in [3.63, 3.8) is 0 Å². The van der Waals surface area contributed by atoms with Crippen LogP contribution in [0.5, 0.6) is 0 Å². The quantitative estimate of drug-likeness (QED) is 0.617. The molecule has 1 saturated carbocycles. The number of aromatic nitrogens is 4. The van der Waals surface area contributed by atoms with Crippen molar-refractivity contribution < 1.29 is 9.26 Å². The van der Waals surface area contributed by atoms with Crippen LogP contribution in [-0.2, 0) is 4.74 Å². The third kappa shape index (κ3) is 3.67. The molecule has 136 valence electrons. The van der Waals surface area contributed by atoms with Gasteiger partial charge in [-0.1, -0.05) is 29.4 Å². The number of hydrogen-bond donors (Lipinski definition) is 1. The zero-order valence-electron chi connectivity index (χ0n) is 15.1. The van der Waals surface area contributed by atoms with E-state index < -0.39 is 0 Å². The molecule has 0 atom stereocenters. The Morgan fingerprint density at radius 2 is 2.00 bits per heavy atom. The van der Waals surface area contributed by atoms with E-state index >= 15 is 0 Å². The van der Waals surface area contributed by atoms with Crippen molar-refractivity contribution in [2.24, 2.45) is 0 Å². The van der Waals surface area contributed by atoms with Gasteiger partial charge in [0, 0.05) is 29.8 Å². The molecule has 4 rings (SSSR count). The Kier molecular flexibility index (Phi) is 4.79. The molecule has 1 aromatic carbocycles. The van der Waals surface area contributed by atoms with Crippen molar-refractivity contribution in [1.82, 2.24) is 20.3 Å². The van der Waals surface area contributed by atoms with Gasteiger partial charge in [0.15, 0.2) is 17.3 Å². The first-order valence-corrected chi connectivity index (χ1v) is 9.17. The van der Waals surface area contributed by atoms with Gasteiger partial charge in [-0.3, -0.25) is 0 Å². The highest BCUT2D eigenvalue weighted by Gasteiger charge is 2.29. The summed E-state index contributed by atoms with van der Waals surface area (Å²) in [5, 5.41) is 18.1. The van der Waals surface area contributed by atoms with E-state index in [2.05, 4.69) is 25.7 Å². The highest BCUT2D eigenvalue weighted by atomic mass is 16.5. The molecule has 7 nitrogen and oxygen atoms in total. The number of nitrogens with one attached hydrogen (secondary N) is 1. The second-order valence-corrected chi connectivity index (χ2v) is 6.87. The van der Waals surface area contributed by atoms with E-state index in [9.17, 15) is 0 Å². The lowest BCUT2D eigenvalue weighted by Crippen LogP contribution is -2.10. The van der Waals surface area contributed by atoms with Gasteiger partial charge in [0.1, 0.15) is 0 Å². The second-order valence-electron chi connectivity index (χ2n) is 6.87. The van der Waals surface area contributed by atoms with Gasteiger partial charge < -0.3 is 14.6 Å². The van der Waals surface area contributed by atoms with Gasteiger partial charge in [-0.2, -0.15) is 4.98 Å². The predicted octanol–water partition coefficient (Wildman–Crippen LogP) is 3.78. The molecule has 0 amide bonds. The summed E-state index contributed by atoms with van der Waals surface area (Å²) >= 11 is 0. The van der Waals surface area contributed by atoms with Crippen molar-refractivity contribution >= 4 is 16.6 Å². The summed E-state index contributed by atoms with van der Waals surface area (Å²) in [7, 11) is 0. The summed E-state index contributed by atoms with van der Waals surface area (Å²) in [6.45, 7) is 5.58. The first kappa shape index (κ1) is 16.9. The molecule has 2 aromatic heterocycles. The number of anilines is 1. The second kappa shape index (κ2) is 7.37. The summed E-state index contributed by atoms with van der Waals surface area (Å²) < 4.78 is 11.0. The zero-order chi connectivity index (χ0) is 17.9. The summed E-state index contributed by atoms with van der Waals surface area (Å²) in [5.74, 6) is 2.42. The van der Waals surface area contributed by atoms with Gasteiger partial charge >= 0.3 is 0 Å². The van der Waals surface area contributed by atoms with Crippen LogP contribution in [0.15, 0.2) is 28.8 Å². The van der Waals surface area contributed by atoms with Gasteiger partial charge in [-0.25, -0.2) is 0 Å². The molecule has 0 radical (unpaired) electrons. The van der Waals surface area contributed by atoms with E-state index in [4.69, 9.17) is 9.26 Å². The normalized spacial score (nSPS) is 14.3. The van der Waals surface area contributed by atoms with Gasteiger partial charge in [-0.05, 0) is 33.1 Å². The Morgan fingerprint density at radius 1 is 1.19 bits per heavy atom. The third-order valence-electron chi connectivity index (χ3n) is 4.34. The largest absolute Gasteiger partial charge is 0.379 e. The standard InChI is InChI=1S/C19H23N5O2/c1-12(2)25-11-5-10-20-18-15-7-4-3-6-14(15)16(22-23-18)19-21-17(24-26-19)13-8-9-13/h3-4,6-7,12-13H,5,8-11H2,1-2H3,(H,20,23). The average Bonchev–Trinajstić information content (AvgIpc) is 3.39. The molecule has 2 heterocycles. The molecule has 1 N–H and O–H groups in total. The Morgan fingerprint density at radius 3 is 2.77 bits per heavy atom. The third-order valence-corrected chi connectivity index (χ3v) is 4.34. The Bertz CT molecular complexity index is 889. The fourth-order valence-electron chi connectivity index (χ4n) is 2.83. The number of ether oxygens (including phenoxy) is 1. The fourth-order valence-corrected chi connectivity index (χ4v) is 2.83. The molecule has 26 heavy (non-hydrogen) atoms. The van der Waals surface area contributed by atoms with Crippen molar-refractivity contribution in [2.75, 3.05) is 18.5 Å². The molecule has 0 bridgehead atoms. The molecule has 0 saturated heterocycles. The molecular formula is C19H23N5O2. The van der Waals surface area contributed by atoms with Crippen LogP contribution in [0, 0.1) is 0 Å². The van der Waals surface area contributed by atoms with E-state index in [0.29, 0.717) is 17.5 Å². The van der Waals surface area contributed by atoms with Crippen LogP contribution in [0.1, 0.15) is 44.9 Å². The summed E-state index contributed by atoms with van der Waals surface area (Å²) in [4.78, 5) is 4.51. The molecule has 0 spiro atoms. The monoisotopic (exact) mass is 353 g/mol. The first-order valence-electron chi connectivity index (χ1n) is 9.17. The van der Waals surface area contributed by atoms with Crippen molar-refractivity contribution in [2.45, 2.75) is 45.1 Å². The molecule has 1 fully saturated rings. The lowest BCUT2D eigenvalue weighted by molar-refractivity contribution is 0.0787. The Hall–Kier alpha value is -2.54. The molecule has 1 aliphatic carbocycles. The van der Waals surface area contributed by atoms with Crippen LogP contribution in [-0.4, -0.2) is 39.6 Å². The van der Waals surface area contributed by atoms with Crippen LogP contribution in [0.2, 0.25) is 0 Å². The molecule has 3 aromatic rings. The Balaban J connectivity index is 1.54. The van der Waals surface area contributed by atoms with E-state index in [1.807, 2.05) is 38.1 Å². The van der Waals surface area contributed by atoms with Crippen molar-refractivity contribution in [3.8, 4) is 11.6 Å². The minimum Gasteiger partial charge on any atom is -0.379 e. The van der Waals surface area contributed by atoms with Crippen molar-refractivity contribution in [3.05, 3.63) is 30.1 Å². The lowest BCUT2D eigenvalue weighted by Gasteiger charge is -2.10. The van der Waals surface area contributed by atoms with Crippen LogP contribution in [0.25, 0.3) is 22.4 Å². The highest BCUT2D eigenvalue weighted by Crippen LogP contribution is 2.39. The van der Waals surface area contributed by atoms with Gasteiger partial charge in [-0.15, -0.1) is 10.2 Å². The molecule has 0 unspecified atom stereocenters. The summed E-state index contributed by atoms with van der Waals surface area (Å²) in [6.07, 6.45) is 3.43. The summed E-state index contributed by atoms with van der Waals surface area (Å²) in [5.41, 5.74) is 0.633. The predicted molar refractivity (Wildman–Crippen MR) is 99.0 cm³/mol. The minimum absolute atomic E-state index is 0.254. The van der Waals surface area contributed by atoms with E-state index in [1.54, 1.807) is 0 Å². The van der Waals surface area contributed by atoms with E-state index in [0.717, 1.165) is 54.8 Å². The van der Waals surface area contributed by atoms with Crippen LogP contribution < -0.4 is 5.32 Å². The van der Waals surface area contributed by atoms with Gasteiger partial charge in [0.25, 0.3) is 5.89 Å². The summed E-state index contributed by atoms with van der Waals surface area (Å²) in [6, 6.07) is 8.00. The van der Waals surface area contributed by atoms with Crippen LogP contribution in [0.3, 0.4) is 0 Å². The number of nitrogens with zero attached hydrogens (tertiary/aromatic N) is 4. The minimum atomic E-state index is 0.254. The molecule has 1 aliphatic rings.